The third-order valence-corrected chi connectivity index (χ3v) is 1.06. The molecule has 8 heavy (non-hydrogen) atoms. The van der Waals surface area contributed by atoms with Gasteiger partial charge in [-0.3, -0.25) is 0 Å². The molecule has 0 fully saturated rings. The fourth-order valence-electron chi connectivity index (χ4n) is 0.237. The van der Waals surface area contributed by atoms with Crippen molar-refractivity contribution in [1.82, 2.24) is 0 Å². The molecule has 0 aromatic heterocycles. The summed E-state index contributed by atoms with van der Waals surface area (Å²) in [5, 5.41) is 15.6. The van der Waals surface area contributed by atoms with Gasteiger partial charge in [0.1, 0.15) is 0 Å². The molecule has 0 amide bonds. The number of aliphatic hydroxyl groups excluding tert-OH is 1. The largest absolute Gasteiger partial charge is 0.390 e. The third-order valence-electron chi connectivity index (χ3n) is 1.06. The van der Waals surface area contributed by atoms with Crippen LogP contribution in [0.25, 0.3) is 0 Å². The van der Waals surface area contributed by atoms with Crippen LogP contribution < -0.4 is 0 Å². The molecule has 48 valence electrons. The molecule has 0 aliphatic heterocycles. The summed E-state index contributed by atoms with van der Waals surface area (Å²) in [7, 11) is 0. The van der Waals surface area contributed by atoms with Crippen molar-refractivity contribution >= 4 is 5.71 Å². The average Bonchev–Trinajstić information content (AvgIpc) is 1.62. The maximum atomic E-state index is 8.45. The van der Waals surface area contributed by atoms with Gasteiger partial charge < -0.3 is 10.5 Å². The number of rotatable bonds is 1. The van der Waals surface area contributed by atoms with Gasteiger partial charge in [0, 0.05) is 11.1 Å². The first kappa shape index (κ1) is 7.63. The first-order valence-electron chi connectivity index (χ1n) is 2.67. The van der Waals surface area contributed by atoms with E-state index in [2.05, 4.69) is 0 Å². The van der Waals surface area contributed by atoms with E-state index in [-0.39, 0.29) is 12.0 Å². The Morgan fingerprint density at radius 2 is 1.88 bits per heavy atom. The summed E-state index contributed by atoms with van der Waals surface area (Å²) in [5.41, 5.74) is 0.229. The molecular weight excluding hydrogens is 102 g/mol. The molecule has 0 aliphatic rings. The molecule has 2 nitrogen and oxygen atoms in total. The number of hydrogen-bond donors (Lipinski definition) is 2. The molecule has 0 aromatic rings. The van der Waals surface area contributed by atoms with Crippen molar-refractivity contribution in [3.63, 3.8) is 0 Å². The molecule has 0 aliphatic carbocycles. The second kappa shape index (κ2) is 2.27. The van der Waals surface area contributed by atoms with E-state index in [4.69, 9.17) is 10.5 Å². The Kier molecular flexibility index (Phi) is 2.16. The van der Waals surface area contributed by atoms with E-state index in [0.717, 1.165) is 0 Å². The molecule has 0 bridgehead atoms. The van der Waals surface area contributed by atoms with Crippen molar-refractivity contribution in [3.8, 4) is 0 Å². The smallest absolute Gasteiger partial charge is 0.0811 e. The maximum Gasteiger partial charge on any atom is 0.0811 e. The SMILES string of the molecule is CC(C)(C)C(=N)CO. The lowest BCUT2D eigenvalue weighted by Crippen LogP contribution is -2.22. The van der Waals surface area contributed by atoms with Gasteiger partial charge in [0.2, 0.25) is 0 Å². The molecular formula is C6H13NO. The topological polar surface area (TPSA) is 44.1 Å². The van der Waals surface area contributed by atoms with Crippen LogP contribution in [0.4, 0.5) is 0 Å². The van der Waals surface area contributed by atoms with Crippen LogP contribution in [0, 0.1) is 10.8 Å². The molecule has 0 unspecified atom stereocenters. The Morgan fingerprint density at radius 3 is 1.88 bits per heavy atom. The first-order valence-corrected chi connectivity index (χ1v) is 2.67. The van der Waals surface area contributed by atoms with Crippen LogP contribution in [0.3, 0.4) is 0 Å². The maximum absolute atomic E-state index is 8.45. The number of hydrogen-bond acceptors (Lipinski definition) is 2. The van der Waals surface area contributed by atoms with Gasteiger partial charge in [-0.05, 0) is 0 Å². The highest BCUT2D eigenvalue weighted by Crippen LogP contribution is 2.13. The summed E-state index contributed by atoms with van der Waals surface area (Å²) in [4.78, 5) is 0. The molecule has 2 heteroatoms. The van der Waals surface area contributed by atoms with Crippen LogP contribution in [0.5, 0.6) is 0 Å². The van der Waals surface area contributed by atoms with Crippen LogP contribution in [-0.4, -0.2) is 17.4 Å². The summed E-state index contributed by atoms with van der Waals surface area (Å²) < 4.78 is 0. The fraction of sp³-hybridized carbons (Fsp3) is 0.833. The van der Waals surface area contributed by atoms with Crippen LogP contribution in [0.2, 0.25) is 0 Å². The Labute approximate surface area is 50.0 Å². The van der Waals surface area contributed by atoms with E-state index in [1.165, 1.54) is 0 Å². The molecule has 0 atom stereocenters. The molecule has 0 aromatic carbocycles. The molecule has 0 heterocycles. The summed E-state index contributed by atoms with van der Waals surface area (Å²) in [6, 6.07) is 0. The van der Waals surface area contributed by atoms with Gasteiger partial charge in [-0.15, -0.1) is 0 Å². The van der Waals surface area contributed by atoms with Gasteiger partial charge >= 0.3 is 0 Å². The lowest BCUT2D eigenvalue weighted by atomic mass is 9.91. The number of nitrogens with one attached hydrogen (secondary N) is 1. The zero-order chi connectivity index (χ0) is 6.78. The third kappa shape index (κ3) is 2.07. The van der Waals surface area contributed by atoms with Crippen molar-refractivity contribution < 1.29 is 5.11 Å². The van der Waals surface area contributed by atoms with Gasteiger partial charge in [-0.25, -0.2) is 0 Å². The monoisotopic (exact) mass is 115 g/mol. The van der Waals surface area contributed by atoms with Gasteiger partial charge in [0.25, 0.3) is 0 Å². The molecule has 0 rings (SSSR count). The Bertz CT molecular complexity index is 91.2. The minimum Gasteiger partial charge on any atom is -0.390 e. The van der Waals surface area contributed by atoms with Crippen molar-refractivity contribution in [1.29, 1.82) is 5.41 Å². The van der Waals surface area contributed by atoms with Crippen molar-refractivity contribution in [2.75, 3.05) is 6.61 Å². The Morgan fingerprint density at radius 1 is 1.50 bits per heavy atom. The van der Waals surface area contributed by atoms with E-state index >= 15 is 0 Å². The van der Waals surface area contributed by atoms with Crippen molar-refractivity contribution in [2.45, 2.75) is 20.8 Å². The Balaban J connectivity index is 3.82. The lowest BCUT2D eigenvalue weighted by molar-refractivity contribution is 0.341. The number of aliphatic hydroxyl groups is 1. The van der Waals surface area contributed by atoms with Crippen LogP contribution in [-0.2, 0) is 0 Å². The normalized spacial score (nSPS) is 11.5. The van der Waals surface area contributed by atoms with E-state index < -0.39 is 0 Å². The molecule has 2 N–H and O–H groups in total. The second-order valence-electron chi connectivity index (χ2n) is 2.89. The van der Waals surface area contributed by atoms with Gasteiger partial charge in [0.05, 0.1) is 6.61 Å². The van der Waals surface area contributed by atoms with Gasteiger partial charge in [0.15, 0.2) is 0 Å². The van der Waals surface area contributed by atoms with E-state index in [9.17, 15) is 0 Å². The molecule has 0 saturated heterocycles. The summed E-state index contributed by atoms with van der Waals surface area (Å²) in [6.45, 7) is 5.60. The molecule has 0 radical (unpaired) electrons. The molecule has 0 saturated carbocycles. The van der Waals surface area contributed by atoms with Crippen molar-refractivity contribution in [2.24, 2.45) is 5.41 Å². The van der Waals surface area contributed by atoms with Crippen LogP contribution in [0.15, 0.2) is 0 Å². The van der Waals surface area contributed by atoms with E-state index in [0.29, 0.717) is 5.71 Å². The minimum absolute atomic E-state index is 0.122. The Hall–Kier alpha value is -0.370. The standard InChI is InChI=1S/C6H13NO/c1-6(2,3)5(7)4-8/h7-8H,4H2,1-3H3. The lowest BCUT2D eigenvalue weighted by Gasteiger charge is -2.16. The second-order valence-corrected chi connectivity index (χ2v) is 2.89. The quantitative estimate of drug-likeness (QED) is 0.493. The van der Waals surface area contributed by atoms with Crippen LogP contribution >= 0.6 is 0 Å². The highest BCUT2D eigenvalue weighted by Gasteiger charge is 2.14. The van der Waals surface area contributed by atoms with E-state index in [1.807, 2.05) is 20.8 Å². The van der Waals surface area contributed by atoms with Gasteiger partial charge in [-0.1, -0.05) is 20.8 Å². The predicted molar refractivity (Wildman–Crippen MR) is 34.3 cm³/mol. The van der Waals surface area contributed by atoms with Crippen LogP contribution in [0.1, 0.15) is 20.8 Å². The highest BCUT2D eigenvalue weighted by molar-refractivity contribution is 5.87. The first-order chi connectivity index (χ1) is 3.48. The predicted octanol–water partition coefficient (Wildman–Crippen LogP) is 1.04. The van der Waals surface area contributed by atoms with Gasteiger partial charge in [-0.2, -0.15) is 0 Å². The highest BCUT2D eigenvalue weighted by atomic mass is 16.3. The van der Waals surface area contributed by atoms with Crippen molar-refractivity contribution in [3.05, 3.63) is 0 Å². The fourth-order valence-corrected chi connectivity index (χ4v) is 0.237. The summed E-state index contributed by atoms with van der Waals surface area (Å²) >= 11 is 0. The van der Waals surface area contributed by atoms with E-state index in [1.54, 1.807) is 0 Å². The summed E-state index contributed by atoms with van der Waals surface area (Å²) in [6.07, 6.45) is 0. The zero-order valence-corrected chi connectivity index (χ0v) is 5.65. The minimum atomic E-state index is -0.158. The average molecular weight is 115 g/mol. The summed E-state index contributed by atoms with van der Waals surface area (Å²) in [5.74, 6) is 0. The molecule has 0 spiro atoms. The zero-order valence-electron chi connectivity index (χ0n) is 5.65.